The molecule has 3 heteroatoms. The minimum atomic E-state index is -0.788. The van der Waals surface area contributed by atoms with Crippen molar-refractivity contribution >= 4 is 5.97 Å². The Morgan fingerprint density at radius 3 is 2.71 bits per heavy atom. The van der Waals surface area contributed by atoms with Crippen LogP contribution in [0.15, 0.2) is 18.2 Å². The average molecular weight is 287 g/mol. The Kier molecular flexibility index (Phi) is 4.29. The molecule has 3 nitrogen and oxygen atoms in total. The third-order valence-electron chi connectivity index (χ3n) is 5.44. The van der Waals surface area contributed by atoms with Gasteiger partial charge in [0.05, 0.1) is 5.56 Å². The lowest BCUT2D eigenvalue weighted by Crippen LogP contribution is -2.41. The van der Waals surface area contributed by atoms with Crippen LogP contribution in [0, 0.1) is 5.92 Å². The first-order chi connectivity index (χ1) is 10.2. The molecule has 0 spiro atoms. The number of nitrogens with zero attached hydrogens (tertiary/aromatic N) is 1. The van der Waals surface area contributed by atoms with Crippen LogP contribution in [0.4, 0.5) is 0 Å². The summed E-state index contributed by atoms with van der Waals surface area (Å²) in [5.74, 6) is 0.140. The summed E-state index contributed by atoms with van der Waals surface area (Å²) in [5, 5.41) is 9.30. The summed E-state index contributed by atoms with van der Waals surface area (Å²) in [7, 11) is 0. The molecule has 1 aromatic rings. The highest BCUT2D eigenvalue weighted by molar-refractivity contribution is 5.89. The second-order valence-corrected chi connectivity index (χ2v) is 6.55. The van der Waals surface area contributed by atoms with Crippen LogP contribution >= 0.6 is 0 Å². The van der Waals surface area contributed by atoms with Gasteiger partial charge in [0.15, 0.2) is 0 Å². The van der Waals surface area contributed by atoms with Crippen LogP contribution in [-0.2, 0) is 13.0 Å². The van der Waals surface area contributed by atoms with Gasteiger partial charge in [0.25, 0.3) is 0 Å². The number of hydrogen-bond donors (Lipinski definition) is 1. The van der Waals surface area contributed by atoms with Gasteiger partial charge in [-0.25, -0.2) is 4.79 Å². The van der Waals surface area contributed by atoms with E-state index >= 15 is 0 Å². The van der Waals surface area contributed by atoms with Crippen LogP contribution in [0.3, 0.4) is 0 Å². The SMILES string of the molecule is CCC1CCC(N2CCc3c(cccc3C(=O)O)C2)CC1. The largest absolute Gasteiger partial charge is 0.478 e. The fourth-order valence-electron chi connectivity index (χ4n) is 4.06. The predicted octanol–water partition coefficient (Wildman–Crippen LogP) is 3.71. The Morgan fingerprint density at radius 1 is 1.29 bits per heavy atom. The molecule has 1 heterocycles. The lowest BCUT2D eigenvalue weighted by molar-refractivity contribution is 0.0693. The van der Waals surface area contributed by atoms with E-state index < -0.39 is 5.97 Å². The van der Waals surface area contributed by atoms with E-state index in [2.05, 4.69) is 17.9 Å². The number of carboxylic acid groups (broad SMARTS) is 1. The average Bonchev–Trinajstić information content (AvgIpc) is 2.53. The van der Waals surface area contributed by atoms with Gasteiger partial charge in [0.2, 0.25) is 0 Å². The van der Waals surface area contributed by atoms with E-state index in [1.54, 1.807) is 6.07 Å². The van der Waals surface area contributed by atoms with Crippen LogP contribution in [0.5, 0.6) is 0 Å². The molecule has 0 bridgehead atoms. The molecule has 0 radical (unpaired) electrons. The maximum absolute atomic E-state index is 11.3. The minimum absolute atomic E-state index is 0.502. The van der Waals surface area contributed by atoms with E-state index in [4.69, 9.17) is 0 Å². The van der Waals surface area contributed by atoms with Crippen molar-refractivity contribution in [3.8, 4) is 0 Å². The lowest BCUT2D eigenvalue weighted by Gasteiger charge is -2.39. The molecule has 114 valence electrons. The van der Waals surface area contributed by atoms with Crippen LogP contribution in [0.25, 0.3) is 0 Å². The van der Waals surface area contributed by atoms with Crippen molar-refractivity contribution in [2.45, 2.75) is 58.0 Å². The number of aromatic carboxylic acids is 1. The molecule has 1 fully saturated rings. The zero-order valence-corrected chi connectivity index (χ0v) is 12.8. The first kappa shape index (κ1) is 14.6. The number of carboxylic acids is 1. The molecule has 1 aliphatic heterocycles. The van der Waals surface area contributed by atoms with Crippen molar-refractivity contribution < 1.29 is 9.90 Å². The first-order valence-corrected chi connectivity index (χ1v) is 8.27. The molecule has 1 aliphatic carbocycles. The molecular formula is C18H25NO2. The van der Waals surface area contributed by atoms with E-state index in [9.17, 15) is 9.90 Å². The number of fused-ring (bicyclic) bond motifs is 1. The third kappa shape index (κ3) is 2.98. The summed E-state index contributed by atoms with van der Waals surface area (Å²) in [6.45, 7) is 4.24. The highest BCUT2D eigenvalue weighted by atomic mass is 16.4. The number of hydrogen-bond acceptors (Lipinski definition) is 2. The van der Waals surface area contributed by atoms with Crippen molar-refractivity contribution in [1.29, 1.82) is 0 Å². The molecular weight excluding hydrogens is 262 g/mol. The summed E-state index contributed by atoms with van der Waals surface area (Å²) in [6, 6.07) is 6.43. The van der Waals surface area contributed by atoms with E-state index in [0.29, 0.717) is 11.6 Å². The number of carbonyl (C=O) groups is 1. The molecule has 3 rings (SSSR count). The van der Waals surface area contributed by atoms with Crippen LogP contribution < -0.4 is 0 Å². The molecule has 21 heavy (non-hydrogen) atoms. The minimum Gasteiger partial charge on any atom is -0.478 e. The van der Waals surface area contributed by atoms with Crippen LogP contribution in [0.1, 0.15) is 60.5 Å². The first-order valence-electron chi connectivity index (χ1n) is 8.27. The smallest absolute Gasteiger partial charge is 0.335 e. The molecule has 0 saturated heterocycles. The van der Waals surface area contributed by atoms with Crippen molar-refractivity contribution in [1.82, 2.24) is 4.90 Å². The maximum atomic E-state index is 11.3. The Morgan fingerprint density at radius 2 is 2.05 bits per heavy atom. The number of benzene rings is 1. The Hall–Kier alpha value is -1.35. The van der Waals surface area contributed by atoms with Crippen LogP contribution in [-0.4, -0.2) is 28.6 Å². The van der Waals surface area contributed by atoms with Gasteiger partial charge < -0.3 is 5.11 Å². The molecule has 0 atom stereocenters. The summed E-state index contributed by atoms with van der Waals surface area (Å²) >= 11 is 0. The van der Waals surface area contributed by atoms with Gasteiger partial charge in [0.1, 0.15) is 0 Å². The normalized spacial score (nSPS) is 26.3. The Balaban J connectivity index is 1.71. The topological polar surface area (TPSA) is 40.5 Å². The zero-order valence-electron chi connectivity index (χ0n) is 12.8. The summed E-state index contributed by atoms with van der Waals surface area (Å²) in [6.07, 6.45) is 7.54. The van der Waals surface area contributed by atoms with Gasteiger partial charge in [-0.3, -0.25) is 4.90 Å². The monoisotopic (exact) mass is 287 g/mol. The van der Waals surface area contributed by atoms with Gasteiger partial charge in [0, 0.05) is 19.1 Å². The van der Waals surface area contributed by atoms with E-state index in [1.165, 1.54) is 37.7 Å². The van der Waals surface area contributed by atoms with Crippen molar-refractivity contribution in [2.24, 2.45) is 5.92 Å². The van der Waals surface area contributed by atoms with Gasteiger partial charge in [-0.1, -0.05) is 25.5 Å². The van der Waals surface area contributed by atoms with E-state index in [0.717, 1.165) is 31.0 Å². The second-order valence-electron chi connectivity index (χ2n) is 6.55. The van der Waals surface area contributed by atoms with E-state index in [-0.39, 0.29) is 0 Å². The summed E-state index contributed by atoms with van der Waals surface area (Å²) in [4.78, 5) is 13.9. The lowest BCUT2D eigenvalue weighted by atomic mass is 9.83. The van der Waals surface area contributed by atoms with Crippen molar-refractivity contribution in [2.75, 3.05) is 6.54 Å². The van der Waals surface area contributed by atoms with Crippen LogP contribution in [0.2, 0.25) is 0 Å². The molecule has 0 amide bonds. The maximum Gasteiger partial charge on any atom is 0.335 e. The highest BCUT2D eigenvalue weighted by Gasteiger charge is 2.28. The predicted molar refractivity (Wildman–Crippen MR) is 83.6 cm³/mol. The van der Waals surface area contributed by atoms with Crippen molar-refractivity contribution in [3.63, 3.8) is 0 Å². The Bertz CT molecular complexity index is 518. The molecule has 1 saturated carbocycles. The van der Waals surface area contributed by atoms with Gasteiger partial charge in [-0.05, 0) is 55.2 Å². The Labute approximate surface area is 127 Å². The number of rotatable bonds is 3. The fraction of sp³-hybridized carbons (Fsp3) is 0.611. The second kappa shape index (κ2) is 6.18. The zero-order chi connectivity index (χ0) is 14.8. The van der Waals surface area contributed by atoms with Crippen molar-refractivity contribution in [3.05, 3.63) is 34.9 Å². The van der Waals surface area contributed by atoms with Gasteiger partial charge >= 0.3 is 5.97 Å². The standard InChI is InChI=1S/C18H25NO2/c1-2-13-6-8-15(9-7-13)19-11-10-16-14(12-19)4-3-5-17(16)18(20)21/h3-5,13,15H,2,6-12H2,1H3,(H,20,21). The molecule has 1 aromatic carbocycles. The van der Waals surface area contributed by atoms with E-state index in [1.807, 2.05) is 6.07 Å². The van der Waals surface area contributed by atoms with Gasteiger partial charge in [-0.15, -0.1) is 0 Å². The summed E-state index contributed by atoms with van der Waals surface area (Å²) < 4.78 is 0. The quantitative estimate of drug-likeness (QED) is 0.921. The summed E-state index contributed by atoms with van der Waals surface area (Å²) in [5.41, 5.74) is 2.78. The van der Waals surface area contributed by atoms with Gasteiger partial charge in [-0.2, -0.15) is 0 Å². The molecule has 0 unspecified atom stereocenters. The fourth-order valence-corrected chi connectivity index (χ4v) is 4.06. The highest BCUT2D eigenvalue weighted by Crippen LogP contribution is 2.32. The molecule has 2 aliphatic rings. The molecule has 0 aromatic heterocycles. The third-order valence-corrected chi connectivity index (χ3v) is 5.44. The molecule has 1 N–H and O–H groups in total.